The third kappa shape index (κ3) is 3.46. The molecule has 0 radical (unpaired) electrons. The van der Waals surface area contributed by atoms with Gasteiger partial charge in [-0.25, -0.2) is 4.98 Å². The van der Waals surface area contributed by atoms with E-state index in [4.69, 9.17) is 0 Å². The van der Waals surface area contributed by atoms with Crippen molar-refractivity contribution in [3.05, 3.63) is 15.0 Å². The number of carboxylic acid groups (broad SMARTS) is 1. The van der Waals surface area contributed by atoms with Crippen LogP contribution in [-0.2, 0) is 6.54 Å². The highest BCUT2D eigenvalue weighted by Gasteiger charge is 2.22. The van der Waals surface area contributed by atoms with Crippen LogP contribution in [0.3, 0.4) is 0 Å². The minimum atomic E-state index is -1.17. The highest BCUT2D eigenvalue weighted by atomic mass is 79.9. The van der Waals surface area contributed by atoms with Crippen LogP contribution in [0.2, 0.25) is 0 Å². The second-order valence-corrected chi connectivity index (χ2v) is 5.84. The Morgan fingerprint density at radius 1 is 1.67 bits per heavy atom. The number of hydrogen-bond acceptors (Lipinski definition) is 4. The van der Waals surface area contributed by atoms with Crippen molar-refractivity contribution in [3.63, 3.8) is 0 Å². The van der Waals surface area contributed by atoms with E-state index in [-0.39, 0.29) is 6.54 Å². The van der Waals surface area contributed by atoms with Crippen molar-refractivity contribution in [3.8, 4) is 0 Å². The summed E-state index contributed by atoms with van der Waals surface area (Å²) < 4.78 is 0.731. The van der Waals surface area contributed by atoms with Crippen molar-refractivity contribution in [2.24, 2.45) is 0 Å². The number of amides is 1. The summed E-state index contributed by atoms with van der Waals surface area (Å²) in [5.74, 6) is 0. The molecule has 0 aliphatic rings. The molecule has 0 aliphatic carbocycles. The zero-order valence-electron chi connectivity index (χ0n) is 8.78. The smallest absolute Gasteiger partial charge is 0.137 e. The molecule has 1 amide bonds. The zero-order chi connectivity index (χ0) is 11.6. The molecule has 84 valence electrons. The molecule has 0 aromatic carbocycles. The fraction of sp³-hybridized carbons (Fsp3) is 0.556. The van der Waals surface area contributed by atoms with Crippen LogP contribution in [0.25, 0.3) is 0 Å². The molecule has 1 aromatic rings. The van der Waals surface area contributed by atoms with Crippen LogP contribution in [0.5, 0.6) is 0 Å². The molecular formula is C9H12BrN2O2S-. The lowest BCUT2D eigenvalue weighted by Gasteiger charge is -2.37. The van der Waals surface area contributed by atoms with Crippen molar-refractivity contribution in [2.45, 2.75) is 32.9 Å². The second-order valence-electron chi connectivity index (χ2n) is 4.09. The summed E-state index contributed by atoms with van der Waals surface area (Å²) >= 11 is 4.65. The zero-order valence-corrected chi connectivity index (χ0v) is 11.2. The maximum Gasteiger partial charge on any atom is 0.137 e. The molecule has 0 spiro atoms. The predicted octanol–water partition coefficient (Wildman–Crippen LogP) is 1.85. The first-order chi connectivity index (χ1) is 6.80. The Morgan fingerprint density at radius 2 is 2.27 bits per heavy atom. The Morgan fingerprint density at radius 3 is 2.60 bits per heavy atom. The van der Waals surface area contributed by atoms with E-state index < -0.39 is 11.6 Å². The number of aromatic nitrogens is 1. The molecule has 1 aromatic heterocycles. The van der Waals surface area contributed by atoms with Crippen LogP contribution >= 0.6 is 27.3 Å². The molecule has 1 heterocycles. The SMILES string of the molecule is CC(C)(C)N(Cc1nc(Br)cs1)C(=O)[O-]. The molecule has 0 bridgehead atoms. The number of carbonyl (C=O) groups is 1. The van der Waals surface area contributed by atoms with Gasteiger partial charge in [0.15, 0.2) is 0 Å². The summed E-state index contributed by atoms with van der Waals surface area (Å²) in [5.41, 5.74) is -0.475. The second kappa shape index (κ2) is 4.49. The Balaban J connectivity index is 2.81. The van der Waals surface area contributed by atoms with Crippen LogP contribution in [0, 0.1) is 0 Å². The molecule has 0 atom stereocenters. The first kappa shape index (κ1) is 12.4. The Hall–Kier alpha value is -0.620. The van der Waals surface area contributed by atoms with Gasteiger partial charge in [-0.2, -0.15) is 0 Å². The van der Waals surface area contributed by atoms with Gasteiger partial charge >= 0.3 is 0 Å². The molecule has 0 fully saturated rings. The van der Waals surface area contributed by atoms with E-state index in [0.717, 1.165) is 9.61 Å². The van der Waals surface area contributed by atoms with Gasteiger partial charge in [-0.15, -0.1) is 11.3 Å². The van der Waals surface area contributed by atoms with Crippen LogP contribution in [0.15, 0.2) is 9.98 Å². The fourth-order valence-corrected chi connectivity index (χ4v) is 2.32. The van der Waals surface area contributed by atoms with Gasteiger partial charge in [0.2, 0.25) is 0 Å². The molecule has 0 saturated carbocycles. The van der Waals surface area contributed by atoms with Crippen LogP contribution in [0.1, 0.15) is 25.8 Å². The van der Waals surface area contributed by atoms with Crippen molar-refractivity contribution < 1.29 is 9.90 Å². The summed E-state index contributed by atoms with van der Waals surface area (Å²) in [6, 6.07) is 0. The van der Waals surface area contributed by atoms with Gasteiger partial charge in [0.1, 0.15) is 15.7 Å². The summed E-state index contributed by atoms with van der Waals surface area (Å²) in [7, 11) is 0. The normalized spacial score (nSPS) is 11.5. The van der Waals surface area contributed by atoms with Gasteiger partial charge in [0, 0.05) is 10.9 Å². The number of rotatable bonds is 2. The third-order valence-electron chi connectivity index (χ3n) is 1.85. The van der Waals surface area contributed by atoms with Gasteiger partial charge in [-0.1, -0.05) is 0 Å². The predicted molar refractivity (Wildman–Crippen MR) is 60.5 cm³/mol. The molecule has 6 heteroatoms. The van der Waals surface area contributed by atoms with E-state index in [0.29, 0.717) is 0 Å². The lowest BCUT2D eigenvalue weighted by Crippen LogP contribution is -2.50. The largest absolute Gasteiger partial charge is 0.530 e. The highest BCUT2D eigenvalue weighted by molar-refractivity contribution is 9.10. The summed E-state index contributed by atoms with van der Waals surface area (Å²) in [6.07, 6.45) is -1.17. The van der Waals surface area contributed by atoms with Crippen molar-refractivity contribution in [1.82, 2.24) is 9.88 Å². The van der Waals surface area contributed by atoms with Gasteiger partial charge < -0.3 is 14.8 Å². The van der Waals surface area contributed by atoms with Crippen LogP contribution in [-0.4, -0.2) is 21.5 Å². The van der Waals surface area contributed by atoms with Gasteiger partial charge in [0.25, 0.3) is 0 Å². The average Bonchev–Trinajstić information content (AvgIpc) is 2.44. The van der Waals surface area contributed by atoms with E-state index in [1.807, 2.05) is 26.2 Å². The lowest BCUT2D eigenvalue weighted by atomic mass is 10.1. The minimum Gasteiger partial charge on any atom is -0.530 e. The third-order valence-corrected chi connectivity index (χ3v) is 3.39. The fourth-order valence-electron chi connectivity index (χ4n) is 1.07. The van der Waals surface area contributed by atoms with Crippen molar-refractivity contribution in [1.29, 1.82) is 0 Å². The van der Waals surface area contributed by atoms with Crippen LogP contribution < -0.4 is 5.11 Å². The van der Waals surface area contributed by atoms with E-state index in [1.54, 1.807) is 0 Å². The van der Waals surface area contributed by atoms with E-state index in [9.17, 15) is 9.90 Å². The highest BCUT2D eigenvalue weighted by Crippen LogP contribution is 2.20. The summed E-state index contributed by atoms with van der Waals surface area (Å²) in [5, 5.41) is 13.5. The molecule has 1 rings (SSSR count). The Kier molecular flexibility index (Phi) is 3.72. The Bertz CT molecular complexity index is 359. The van der Waals surface area contributed by atoms with Crippen molar-refractivity contribution in [2.75, 3.05) is 0 Å². The molecule has 0 unspecified atom stereocenters. The summed E-state index contributed by atoms with van der Waals surface area (Å²) in [6.45, 7) is 5.74. The number of nitrogens with zero attached hydrogens (tertiary/aromatic N) is 2. The maximum atomic E-state index is 10.9. The standard InChI is InChI=1S/C9H13BrN2O2S/c1-9(2,3)12(8(13)14)4-7-11-6(10)5-15-7/h5H,4H2,1-3H3,(H,13,14)/p-1. The maximum absolute atomic E-state index is 10.9. The first-order valence-electron chi connectivity index (χ1n) is 4.39. The topological polar surface area (TPSA) is 56.3 Å². The first-order valence-corrected chi connectivity index (χ1v) is 6.06. The molecule has 4 nitrogen and oxygen atoms in total. The van der Waals surface area contributed by atoms with E-state index in [1.165, 1.54) is 16.2 Å². The Labute approximate surface area is 101 Å². The van der Waals surface area contributed by atoms with Crippen molar-refractivity contribution >= 4 is 33.4 Å². The number of thiazole rings is 1. The summed E-state index contributed by atoms with van der Waals surface area (Å²) in [4.78, 5) is 16.3. The van der Waals surface area contributed by atoms with Gasteiger partial charge in [0.05, 0.1) is 6.54 Å². The average molecular weight is 292 g/mol. The lowest BCUT2D eigenvalue weighted by molar-refractivity contribution is -0.271. The monoisotopic (exact) mass is 291 g/mol. The molecule has 0 aliphatic heterocycles. The minimum absolute atomic E-state index is 0.266. The molecule has 0 saturated heterocycles. The molecule has 0 N–H and O–H groups in total. The van der Waals surface area contributed by atoms with E-state index in [2.05, 4.69) is 20.9 Å². The van der Waals surface area contributed by atoms with E-state index >= 15 is 0 Å². The number of halogens is 1. The number of carbonyl (C=O) groups excluding carboxylic acids is 1. The van der Waals surface area contributed by atoms with Gasteiger partial charge in [-0.3, -0.25) is 0 Å². The van der Waals surface area contributed by atoms with Crippen LogP contribution in [0.4, 0.5) is 4.79 Å². The quantitative estimate of drug-likeness (QED) is 0.836. The molecule has 15 heavy (non-hydrogen) atoms. The number of hydrogen-bond donors (Lipinski definition) is 0. The molecular weight excluding hydrogens is 280 g/mol. The van der Waals surface area contributed by atoms with Gasteiger partial charge in [-0.05, 0) is 36.7 Å².